The monoisotopic (exact) mass is 394 g/mol. The zero-order valence-corrected chi connectivity index (χ0v) is 17.1. The number of aromatic hydroxyl groups is 1. The molecule has 1 saturated heterocycles. The Labute approximate surface area is 169 Å². The van der Waals surface area contributed by atoms with Gasteiger partial charge >= 0.3 is 0 Å². The summed E-state index contributed by atoms with van der Waals surface area (Å²) in [6.45, 7) is 8.82. The fourth-order valence-corrected chi connectivity index (χ4v) is 4.28. The van der Waals surface area contributed by atoms with E-state index in [9.17, 15) is 5.11 Å². The van der Waals surface area contributed by atoms with Gasteiger partial charge in [0.05, 0.1) is 24.3 Å². The van der Waals surface area contributed by atoms with Crippen molar-refractivity contribution in [3.8, 4) is 22.7 Å². The number of hydrogen-bond donors (Lipinski definition) is 3. The molecule has 4 rings (SSSR count). The Morgan fingerprint density at radius 1 is 1.07 bits per heavy atom. The van der Waals surface area contributed by atoms with Gasteiger partial charge in [-0.2, -0.15) is 15.0 Å². The van der Waals surface area contributed by atoms with E-state index >= 15 is 0 Å². The quantitative estimate of drug-likeness (QED) is 0.619. The van der Waals surface area contributed by atoms with Crippen molar-refractivity contribution in [2.75, 3.05) is 5.32 Å². The number of anilines is 1. The van der Waals surface area contributed by atoms with Crippen LogP contribution in [0.2, 0.25) is 0 Å². The summed E-state index contributed by atoms with van der Waals surface area (Å²) in [5, 5.41) is 34.1. The molecule has 1 fully saturated rings. The van der Waals surface area contributed by atoms with Gasteiger partial charge in [0.1, 0.15) is 11.4 Å². The summed E-state index contributed by atoms with van der Waals surface area (Å²) in [7, 11) is 0. The van der Waals surface area contributed by atoms with Crippen LogP contribution in [0.15, 0.2) is 36.8 Å². The molecule has 3 aromatic rings. The SMILES string of the molecule is CC1(C)CC(Nc2ncc(-c3ccc(-n4nccn4)cc3O)nn2)CC(C)(C)N1. The van der Waals surface area contributed by atoms with Gasteiger partial charge < -0.3 is 15.7 Å². The predicted molar refractivity (Wildman–Crippen MR) is 110 cm³/mol. The average Bonchev–Trinajstić information content (AvgIpc) is 3.14. The molecule has 152 valence electrons. The van der Waals surface area contributed by atoms with Crippen LogP contribution in [0.1, 0.15) is 40.5 Å². The number of hydrogen-bond acceptors (Lipinski definition) is 8. The van der Waals surface area contributed by atoms with Gasteiger partial charge in [0.2, 0.25) is 5.95 Å². The molecule has 9 heteroatoms. The maximum atomic E-state index is 10.4. The number of piperidine rings is 1. The van der Waals surface area contributed by atoms with E-state index in [-0.39, 0.29) is 22.9 Å². The predicted octanol–water partition coefficient (Wildman–Crippen LogP) is 2.55. The maximum Gasteiger partial charge on any atom is 0.242 e. The fraction of sp³-hybridized carbons (Fsp3) is 0.450. The molecule has 3 heterocycles. The molecule has 0 amide bonds. The van der Waals surface area contributed by atoms with E-state index in [1.807, 2.05) is 6.07 Å². The van der Waals surface area contributed by atoms with E-state index in [0.29, 0.717) is 22.9 Å². The van der Waals surface area contributed by atoms with Gasteiger partial charge in [-0.3, -0.25) is 0 Å². The van der Waals surface area contributed by atoms with Crippen LogP contribution in [-0.4, -0.2) is 52.4 Å². The summed E-state index contributed by atoms with van der Waals surface area (Å²) in [5.74, 6) is 0.558. The van der Waals surface area contributed by atoms with Crippen molar-refractivity contribution in [2.24, 2.45) is 0 Å². The highest BCUT2D eigenvalue weighted by molar-refractivity contribution is 5.67. The molecule has 3 N–H and O–H groups in total. The molecule has 1 aliphatic heterocycles. The van der Waals surface area contributed by atoms with Crippen LogP contribution in [-0.2, 0) is 0 Å². The lowest BCUT2D eigenvalue weighted by atomic mass is 9.80. The van der Waals surface area contributed by atoms with Gasteiger partial charge in [0.25, 0.3) is 0 Å². The van der Waals surface area contributed by atoms with Crippen molar-refractivity contribution in [1.82, 2.24) is 35.5 Å². The topological polar surface area (TPSA) is 114 Å². The zero-order chi connectivity index (χ0) is 20.6. The van der Waals surface area contributed by atoms with E-state index in [1.165, 1.54) is 4.80 Å². The number of benzene rings is 1. The number of nitrogens with zero attached hydrogens (tertiary/aromatic N) is 6. The summed E-state index contributed by atoms with van der Waals surface area (Å²) in [6.07, 6.45) is 6.71. The Balaban J connectivity index is 1.50. The molecule has 29 heavy (non-hydrogen) atoms. The van der Waals surface area contributed by atoms with E-state index in [2.05, 4.69) is 63.7 Å². The molecule has 0 spiro atoms. The van der Waals surface area contributed by atoms with Crippen molar-refractivity contribution >= 4 is 5.95 Å². The van der Waals surface area contributed by atoms with Crippen molar-refractivity contribution < 1.29 is 5.11 Å². The number of aromatic nitrogens is 6. The zero-order valence-electron chi connectivity index (χ0n) is 17.1. The van der Waals surface area contributed by atoms with Gasteiger partial charge in [-0.05, 0) is 52.7 Å². The van der Waals surface area contributed by atoms with Gasteiger partial charge in [-0.1, -0.05) is 0 Å². The smallest absolute Gasteiger partial charge is 0.242 e. The van der Waals surface area contributed by atoms with Crippen LogP contribution < -0.4 is 10.6 Å². The third-order valence-electron chi connectivity index (χ3n) is 4.99. The number of nitrogens with one attached hydrogen (secondary N) is 2. The average molecular weight is 394 g/mol. The second-order valence-electron chi connectivity index (χ2n) is 8.83. The molecule has 0 saturated carbocycles. The molecule has 0 bridgehead atoms. The van der Waals surface area contributed by atoms with E-state index < -0.39 is 0 Å². The second kappa shape index (κ2) is 7.07. The fourth-order valence-electron chi connectivity index (χ4n) is 4.28. The summed E-state index contributed by atoms with van der Waals surface area (Å²) < 4.78 is 0. The van der Waals surface area contributed by atoms with Crippen LogP contribution in [0, 0.1) is 0 Å². The highest BCUT2D eigenvalue weighted by Gasteiger charge is 2.37. The lowest BCUT2D eigenvalue weighted by Crippen LogP contribution is -2.60. The minimum absolute atomic E-state index is 0.0315. The lowest BCUT2D eigenvalue weighted by molar-refractivity contribution is 0.170. The Kier molecular flexibility index (Phi) is 4.70. The summed E-state index contributed by atoms with van der Waals surface area (Å²) >= 11 is 0. The van der Waals surface area contributed by atoms with Gasteiger partial charge in [0, 0.05) is 28.7 Å². The number of rotatable bonds is 4. The molecule has 2 aromatic heterocycles. The molecule has 9 nitrogen and oxygen atoms in total. The van der Waals surface area contributed by atoms with Gasteiger partial charge in [0.15, 0.2) is 0 Å². The Bertz CT molecular complexity index is 966. The summed E-state index contributed by atoms with van der Waals surface area (Å²) in [4.78, 5) is 5.84. The van der Waals surface area contributed by atoms with Crippen LogP contribution >= 0.6 is 0 Å². The Morgan fingerprint density at radius 3 is 2.34 bits per heavy atom. The van der Waals surface area contributed by atoms with Crippen LogP contribution in [0.3, 0.4) is 0 Å². The van der Waals surface area contributed by atoms with Crippen molar-refractivity contribution in [3.05, 3.63) is 36.8 Å². The van der Waals surface area contributed by atoms with E-state index in [0.717, 1.165) is 12.8 Å². The van der Waals surface area contributed by atoms with Crippen molar-refractivity contribution in [3.63, 3.8) is 0 Å². The summed E-state index contributed by atoms with van der Waals surface area (Å²) in [5.41, 5.74) is 1.77. The second-order valence-corrected chi connectivity index (χ2v) is 8.83. The molecular weight excluding hydrogens is 368 g/mol. The van der Waals surface area contributed by atoms with Crippen molar-refractivity contribution in [1.29, 1.82) is 0 Å². The number of phenols is 1. The van der Waals surface area contributed by atoms with Gasteiger partial charge in [-0.15, -0.1) is 10.2 Å². The Hall–Kier alpha value is -3.07. The molecule has 0 aliphatic carbocycles. The normalized spacial score (nSPS) is 18.5. The molecular formula is C20H26N8O. The first-order valence-electron chi connectivity index (χ1n) is 9.66. The first kappa shape index (κ1) is 19.3. The third kappa shape index (κ3) is 4.34. The highest BCUT2D eigenvalue weighted by Crippen LogP contribution is 2.31. The van der Waals surface area contributed by atoms with Crippen LogP contribution in [0.25, 0.3) is 16.9 Å². The largest absolute Gasteiger partial charge is 0.507 e. The maximum absolute atomic E-state index is 10.4. The molecule has 0 atom stereocenters. The number of phenolic OH excluding ortho intramolecular Hbond substituents is 1. The minimum atomic E-state index is 0.0315. The third-order valence-corrected chi connectivity index (χ3v) is 4.99. The van der Waals surface area contributed by atoms with Gasteiger partial charge in [-0.25, -0.2) is 4.98 Å². The first-order chi connectivity index (χ1) is 13.7. The molecule has 0 unspecified atom stereocenters. The molecule has 1 aromatic carbocycles. The van der Waals surface area contributed by atoms with Crippen LogP contribution in [0.5, 0.6) is 5.75 Å². The standard InChI is InChI=1S/C20H26N8O/c1-19(2)10-13(11-20(3,4)27-19)24-18-21-12-16(25-26-18)15-6-5-14(9-17(15)29)28-22-7-8-23-28/h5-9,12-13,27,29H,10-11H2,1-4H3,(H,21,24,26). The van der Waals surface area contributed by atoms with E-state index in [4.69, 9.17) is 0 Å². The van der Waals surface area contributed by atoms with Crippen molar-refractivity contribution in [2.45, 2.75) is 57.7 Å². The first-order valence-corrected chi connectivity index (χ1v) is 9.66. The van der Waals surface area contributed by atoms with E-state index in [1.54, 1.807) is 30.7 Å². The molecule has 1 aliphatic rings. The highest BCUT2D eigenvalue weighted by atomic mass is 16.3. The minimum Gasteiger partial charge on any atom is -0.507 e. The summed E-state index contributed by atoms with van der Waals surface area (Å²) in [6, 6.07) is 5.40. The van der Waals surface area contributed by atoms with Crippen LogP contribution in [0.4, 0.5) is 5.95 Å². The lowest BCUT2D eigenvalue weighted by Gasteiger charge is -2.46. The Morgan fingerprint density at radius 2 is 1.76 bits per heavy atom. The molecule has 0 radical (unpaired) electrons.